The Labute approximate surface area is 123 Å². The predicted molar refractivity (Wildman–Crippen MR) is 80.4 cm³/mol. The lowest BCUT2D eigenvalue weighted by Gasteiger charge is -2.16. The van der Waals surface area contributed by atoms with Crippen LogP contribution < -0.4 is 10.5 Å². The Balaban J connectivity index is 2.03. The van der Waals surface area contributed by atoms with Gasteiger partial charge in [0.05, 0.1) is 30.0 Å². The Morgan fingerprint density at radius 1 is 1.33 bits per heavy atom. The van der Waals surface area contributed by atoms with E-state index in [1.54, 1.807) is 12.4 Å². The molecule has 0 amide bonds. The summed E-state index contributed by atoms with van der Waals surface area (Å²) < 4.78 is 21.3. The van der Waals surface area contributed by atoms with Crippen molar-refractivity contribution in [2.24, 2.45) is 0 Å². The minimum absolute atomic E-state index is 0.249. The lowest BCUT2D eigenvalue weighted by atomic mass is 10.0. The number of aromatic nitrogens is 2. The van der Waals surface area contributed by atoms with E-state index in [9.17, 15) is 4.39 Å². The second-order valence-corrected chi connectivity index (χ2v) is 5.40. The molecule has 3 rings (SSSR count). The first-order valence-corrected chi connectivity index (χ1v) is 7.48. The summed E-state index contributed by atoms with van der Waals surface area (Å²) in [5.41, 5.74) is 9.46. The summed E-state index contributed by atoms with van der Waals surface area (Å²) in [5, 5.41) is 0. The normalized spacial score (nSPS) is 14.0. The molecule has 0 atom stereocenters. The van der Waals surface area contributed by atoms with E-state index in [1.165, 1.54) is 18.2 Å². The van der Waals surface area contributed by atoms with E-state index < -0.39 is 5.82 Å². The summed E-state index contributed by atoms with van der Waals surface area (Å²) in [6.45, 7) is 2.48. The highest BCUT2D eigenvalue weighted by Gasteiger charge is 2.18. The number of benzene rings is 1. The van der Waals surface area contributed by atoms with Gasteiger partial charge in [0.2, 0.25) is 0 Å². The van der Waals surface area contributed by atoms with E-state index in [2.05, 4.69) is 4.98 Å². The van der Waals surface area contributed by atoms with Gasteiger partial charge in [0.1, 0.15) is 0 Å². The van der Waals surface area contributed by atoms with Gasteiger partial charge in [-0.25, -0.2) is 9.37 Å². The summed E-state index contributed by atoms with van der Waals surface area (Å²) >= 11 is 0. The number of nitrogens with two attached hydrogens (primary N) is 1. The number of rotatable bonds is 4. The van der Waals surface area contributed by atoms with E-state index >= 15 is 0 Å². The number of nitrogen functional groups attached to an aromatic ring is 1. The first kappa shape index (κ1) is 13.9. The molecule has 1 aromatic carbocycles. The van der Waals surface area contributed by atoms with Crippen molar-refractivity contribution in [3.63, 3.8) is 0 Å². The van der Waals surface area contributed by atoms with Gasteiger partial charge >= 0.3 is 0 Å². The van der Waals surface area contributed by atoms with Gasteiger partial charge in [-0.1, -0.05) is 6.92 Å². The van der Waals surface area contributed by atoms with Gasteiger partial charge in [-0.3, -0.25) is 0 Å². The predicted octanol–water partition coefficient (Wildman–Crippen LogP) is 3.26. The molecule has 0 saturated heterocycles. The molecule has 0 unspecified atom stereocenters. The van der Waals surface area contributed by atoms with Crippen LogP contribution in [0.15, 0.2) is 18.5 Å². The number of imidazole rings is 1. The lowest BCUT2D eigenvalue weighted by molar-refractivity contribution is 0.301. The van der Waals surface area contributed by atoms with Crippen molar-refractivity contribution in [2.75, 3.05) is 12.3 Å². The summed E-state index contributed by atoms with van der Waals surface area (Å²) in [4.78, 5) is 4.46. The van der Waals surface area contributed by atoms with Crippen LogP contribution in [0.2, 0.25) is 0 Å². The van der Waals surface area contributed by atoms with Crippen LogP contribution in [0.5, 0.6) is 5.75 Å². The third-order valence-corrected chi connectivity index (χ3v) is 3.83. The second-order valence-electron chi connectivity index (χ2n) is 5.40. The molecule has 0 radical (unpaired) electrons. The fourth-order valence-electron chi connectivity index (χ4n) is 2.77. The number of hydrogen-bond donors (Lipinski definition) is 1. The van der Waals surface area contributed by atoms with Gasteiger partial charge in [0.25, 0.3) is 0 Å². The molecule has 112 valence electrons. The van der Waals surface area contributed by atoms with Crippen molar-refractivity contribution in [3.8, 4) is 11.4 Å². The standard InChI is InChI=1S/C16H20FN3O/c1-2-7-21-16-9-15(12(18)8-11(16)17)20-10-19-13-5-3-4-6-14(13)20/h8-10H,2-7,18H2,1H3. The summed E-state index contributed by atoms with van der Waals surface area (Å²) in [6, 6.07) is 3.01. The highest BCUT2D eigenvalue weighted by atomic mass is 19.1. The van der Waals surface area contributed by atoms with Crippen molar-refractivity contribution in [2.45, 2.75) is 39.0 Å². The molecule has 5 heteroatoms. The topological polar surface area (TPSA) is 53.1 Å². The van der Waals surface area contributed by atoms with Crippen LogP contribution in [0.1, 0.15) is 37.6 Å². The number of aryl methyl sites for hydroxylation is 1. The quantitative estimate of drug-likeness (QED) is 0.879. The molecule has 2 N–H and O–H groups in total. The molecule has 1 aromatic heterocycles. The summed E-state index contributed by atoms with van der Waals surface area (Å²) in [7, 11) is 0. The van der Waals surface area contributed by atoms with Crippen molar-refractivity contribution in [1.82, 2.24) is 9.55 Å². The Morgan fingerprint density at radius 3 is 2.95 bits per heavy atom. The van der Waals surface area contributed by atoms with Gasteiger partial charge in [0.15, 0.2) is 11.6 Å². The highest BCUT2D eigenvalue weighted by molar-refractivity contribution is 5.62. The molecule has 0 saturated carbocycles. The third kappa shape index (κ3) is 2.60. The number of nitrogens with zero attached hydrogens (tertiary/aromatic N) is 2. The smallest absolute Gasteiger partial charge is 0.167 e. The maximum absolute atomic E-state index is 13.9. The molecule has 1 aliphatic rings. The lowest BCUT2D eigenvalue weighted by Crippen LogP contribution is -2.09. The molecule has 1 heterocycles. The fourth-order valence-corrected chi connectivity index (χ4v) is 2.77. The van der Waals surface area contributed by atoms with Crippen LogP contribution in [0, 0.1) is 5.82 Å². The third-order valence-electron chi connectivity index (χ3n) is 3.83. The molecule has 1 aliphatic carbocycles. The summed E-state index contributed by atoms with van der Waals surface area (Å²) in [5.74, 6) is -0.169. The van der Waals surface area contributed by atoms with Crippen LogP contribution >= 0.6 is 0 Å². The van der Waals surface area contributed by atoms with E-state index in [4.69, 9.17) is 10.5 Å². The maximum Gasteiger partial charge on any atom is 0.167 e. The number of hydrogen-bond acceptors (Lipinski definition) is 3. The molecule has 21 heavy (non-hydrogen) atoms. The van der Waals surface area contributed by atoms with Gasteiger partial charge in [0, 0.05) is 17.8 Å². The van der Waals surface area contributed by atoms with Crippen LogP contribution in [0.3, 0.4) is 0 Å². The summed E-state index contributed by atoms with van der Waals surface area (Å²) in [6.07, 6.45) is 6.93. The molecular formula is C16H20FN3O. The van der Waals surface area contributed by atoms with E-state index in [-0.39, 0.29) is 5.75 Å². The maximum atomic E-state index is 13.9. The minimum Gasteiger partial charge on any atom is -0.490 e. The number of anilines is 1. The molecule has 0 aliphatic heterocycles. The molecular weight excluding hydrogens is 269 g/mol. The van der Waals surface area contributed by atoms with E-state index in [0.717, 1.165) is 37.1 Å². The fraction of sp³-hybridized carbons (Fsp3) is 0.438. The number of halogens is 1. The Morgan fingerprint density at radius 2 is 2.14 bits per heavy atom. The zero-order valence-electron chi connectivity index (χ0n) is 12.2. The van der Waals surface area contributed by atoms with Crippen LogP contribution in [0.4, 0.5) is 10.1 Å². The minimum atomic E-state index is -0.418. The monoisotopic (exact) mass is 289 g/mol. The van der Waals surface area contributed by atoms with E-state index in [1.807, 2.05) is 11.5 Å². The van der Waals surface area contributed by atoms with Crippen molar-refractivity contribution >= 4 is 5.69 Å². The first-order chi connectivity index (χ1) is 10.2. The highest BCUT2D eigenvalue weighted by Crippen LogP contribution is 2.30. The van der Waals surface area contributed by atoms with Crippen molar-refractivity contribution < 1.29 is 9.13 Å². The number of ether oxygens (including phenoxy) is 1. The van der Waals surface area contributed by atoms with Crippen LogP contribution in [-0.2, 0) is 12.8 Å². The first-order valence-electron chi connectivity index (χ1n) is 7.48. The second kappa shape index (κ2) is 5.76. The van der Waals surface area contributed by atoms with E-state index in [0.29, 0.717) is 12.3 Å². The van der Waals surface area contributed by atoms with Crippen LogP contribution in [0.25, 0.3) is 5.69 Å². The van der Waals surface area contributed by atoms with Gasteiger partial charge in [-0.2, -0.15) is 0 Å². The molecule has 4 nitrogen and oxygen atoms in total. The average Bonchev–Trinajstić information content (AvgIpc) is 2.90. The van der Waals surface area contributed by atoms with Gasteiger partial charge in [-0.15, -0.1) is 0 Å². The largest absolute Gasteiger partial charge is 0.490 e. The average molecular weight is 289 g/mol. The number of fused-ring (bicyclic) bond motifs is 1. The SMILES string of the molecule is CCCOc1cc(-n2cnc3c2CCCC3)c(N)cc1F. The Hall–Kier alpha value is -2.04. The van der Waals surface area contributed by atoms with Crippen LogP contribution in [-0.4, -0.2) is 16.2 Å². The van der Waals surface area contributed by atoms with Crippen molar-refractivity contribution in [3.05, 3.63) is 35.7 Å². The van der Waals surface area contributed by atoms with Gasteiger partial charge < -0.3 is 15.0 Å². The molecule has 2 aromatic rings. The zero-order chi connectivity index (χ0) is 14.8. The molecule has 0 fully saturated rings. The van der Waals surface area contributed by atoms with Gasteiger partial charge in [-0.05, 0) is 32.1 Å². The van der Waals surface area contributed by atoms with Crippen molar-refractivity contribution in [1.29, 1.82) is 0 Å². The Kier molecular flexibility index (Phi) is 3.82. The zero-order valence-corrected chi connectivity index (χ0v) is 12.2. The Bertz CT molecular complexity index is 651. The molecule has 0 bridgehead atoms. The molecule has 0 spiro atoms.